The quantitative estimate of drug-likeness (QED) is 0.435. The number of fused-ring (bicyclic) bond motifs is 1. The molecule has 2 heterocycles. The number of phenols is 2. The summed E-state index contributed by atoms with van der Waals surface area (Å²) in [4.78, 5) is 2.52. The van der Waals surface area contributed by atoms with E-state index in [1.165, 1.54) is 12.8 Å². The summed E-state index contributed by atoms with van der Waals surface area (Å²) in [5.74, 6) is 1.90. The molecule has 0 saturated carbocycles. The van der Waals surface area contributed by atoms with Crippen LogP contribution in [0.25, 0.3) is 11.1 Å². The van der Waals surface area contributed by atoms with Gasteiger partial charge in [-0.15, -0.1) is 0 Å². The number of nitrogens with zero attached hydrogens (tertiary/aromatic N) is 1. The lowest BCUT2D eigenvalue weighted by Crippen LogP contribution is -2.39. The van der Waals surface area contributed by atoms with E-state index in [1.54, 1.807) is 24.3 Å². The molecule has 5 heteroatoms. The number of hydrogen-bond acceptors (Lipinski definition) is 5. The van der Waals surface area contributed by atoms with Crippen LogP contribution in [0.2, 0.25) is 0 Å². The Balaban J connectivity index is 1.41. The number of aromatic hydroxyl groups is 2. The van der Waals surface area contributed by atoms with E-state index in [9.17, 15) is 10.2 Å². The molecule has 35 heavy (non-hydrogen) atoms. The van der Waals surface area contributed by atoms with Crippen LogP contribution < -0.4 is 9.47 Å². The van der Waals surface area contributed by atoms with Gasteiger partial charge in [-0.3, -0.25) is 4.90 Å². The number of likely N-dealkylation sites (tertiary alicyclic amines) is 1. The topological polar surface area (TPSA) is 62.2 Å². The second kappa shape index (κ2) is 9.67. The fourth-order valence-electron chi connectivity index (χ4n) is 5.35. The average Bonchev–Trinajstić information content (AvgIpc) is 3.29. The Labute approximate surface area is 207 Å². The highest BCUT2D eigenvalue weighted by atomic mass is 16.5. The molecule has 5 nitrogen and oxygen atoms in total. The minimum Gasteiger partial charge on any atom is -0.508 e. The maximum absolute atomic E-state index is 10.0. The zero-order valence-electron chi connectivity index (χ0n) is 20.6. The Morgan fingerprint density at radius 1 is 1.00 bits per heavy atom. The summed E-state index contributed by atoms with van der Waals surface area (Å²) in [5, 5.41) is 19.8. The molecule has 2 unspecified atom stereocenters. The maximum Gasteiger partial charge on any atom is 0.150 e. The first kappa shape index (κ1) is 23.3. The minimum absolute atomic E-state index is 0.175. The summed E-state index contributed by atoms with van der Waals surface area (Å²) in [6, 6.07) is 21.5. The first-order chi connectivity index (χ1) is 16.9. The van der Waals surface area contributed by atoms with Crippen LogP contribution in [0.15, 0.2) is 66.7 Å². The fourth-order valence-corrected chi connectivity index (χ4v) is 5.35. The van der Waals surface area contributed by atoms with Crippen LogP contribution in [0.5, 0.6) is 23.0 Å². The standard InChI is InChI=1S/C30H33NO4/c1-19-5-4-16-31(19)20(2)18-34-26-13-8-23(9-14-26)30-29(22-6-10-24(32)11-7-22)21(3)27-15-12-25(33)17-28(27)35-30/h6-15,17,19-20,30,32-33H,4-5,16,18H2,1-3H3/t19-,20?,30?/m0/s1. The van der Waals surface area contributed by atoms with E-state index in [1.807, 2.05) is 42.5 Å². The molecule has 3 aromatic carbocycles. The molecule has 0 amide bonds. The molecule has 0 radical (unpaired) electrons. The van der Waals surface area contributed by atoms with Crippen LogP contribution in [0.1, 0.15) is 56.4 Å². The molecule has 0 aromatic heterocycles. The van der Waals surface area contributed by atoms with Crippen molar-refractivity contribution < 1.29 is 19.7 Å². The Bertz CT molecular complexity index is 1220. The number of ether oxygens (including phenoxy) is 2. The van der Waals surface area contributed by atoms with Crippen molar-refractivity contribution in [2.45, 2.75) is 51.8 Å². The second-order valence-corrected chi connectivity index (χ2v) is 9.72. The normalized spacial score (nSPS) is 20.9. The van der Waals surface area contributed by atoms with E-state index in [0.717, 1.165) is 40.1 Å². The minimum atomic E-state index is -0.354. The van der Waals surface area contributed by atoms with Crippen LogP contribution in [-0.4, -0.2) is 40.3 Å². The first-order valence-corrected chi connectivity index (χ1v) is 12.4. The maximum atomic E-state index is 10.0. The summed E-state index contributed by atoms with van der Waals surface area (Å²) < 4.78 is 12.6. The third kappa shape index (κ3) is 4.73. The van der Waals surface area contributed by atoms with Gasteiger partial charge in [0.25, 0.3) is 0 Å². The molecule has 2 aliphatic rings. The molecule has 0 aliphatic carbocycles. The van der Waals surface area contributed by atoms with E-state index >= 15 is 0 Å². The molecular weight excluding hydrogens is 438 g/mol. The molecule has 2 N–H and O–H groups in total. The predicted molar refractivity (Wildman–Crippen MR) is 139 cm³/mol. The van der Waals surface area contributed by atoms with Crippen molar-refractivity contribution in [3.05, 3.63) is 83.4 Å². The van der Waals surface area contributed by atoms with Crippen molar-refractivity contribution in [3.63, 3.8) is 0 Å². The van der Waals surface area contributed by atoms with E-state index in [2.05, 4.69) is 25.7 Å². The number of benzene rings is 3. The van der Waals surface area contributed by atoms with Crippen LogP contribution in [0.4, 0.5) is 0 Å². The molecule has 0 spiro atoms. The van der Waals surface area contributed by atoms with Crippen molar-refractivity contribution >= 4 is 11.1 Å². The molecule has 1 fully saturated rings. The molecule has 3 aromatic rings. The van der Waals surface area contributed by atoms with Crippen molar-refractivity contribution in [1.29, 1.82) is 0 Å². The van der Waals surface area contributed by atoms with Crippen LogP contribution in [0.3, 0.4) is 0 Å². The van der Waals surface area contributed by atoms with Gasteiger partial charge in [-0.05, 0) is 93.3 Å². The van der Waals surface area contributed by atoms with Crippen molar-refractivity contribution in [3.8, 4) is 23.0 Å². The van der Waals surface area contributed by atoms with Crippen molar-refractivity contribution in [2.24, 2.45) is 0 Å². The number of phenolic OH excluding ortho intramolecular Hbond substituents is 2. The van der Waals surface area contributed by atoms with Gasteiger partial charge in [-0.25, -0.2) is 0 Å². The summed E-state index contributed by atoms with van der Waals surface area (Å²) in [5.41, 5.74) is 5.05. The zero-order valence-corrected chi connectivity index (χ0v) is 20.6. The monoisotopic (exact) mass is 471 g/mol. The Hall–Kier alpha value is -3.44. The smallest absolute Gasteiger partial charge is 0.150 e. The van der Waals surface area contributed by atoms with Crippen molar-refractivity contribution in [1.82, 2.24) is 4.90 Å². The van der Waals surface area contributed by atoms with Crippen LogP contribution in [-0.2, 0) is 0 Å². The van der Waals surface area contributed by atoms with Gasteiger partial charge in [0, 0.05) is 29.3 Å². The highest BCUT2D eigenvalue weighted by Gasteiger charge is 2.30. The third-order valence-corrected chi connectivity index (χ3v) is 7.30. The van der Waals surface area contributed by atoms with Gasteiger partial charge < -0.3 is 19.7 Å². The molecule has 182 valence electrons. The highest BCUT2D eigenvalue weighted by molar-refractivity contribution is 5.95. The van der Waals surface area contributed by atoms with Gasteiger partial charge >= 0.3 is 0 Å². The lowest BCUT2D eigenvalue weighted by molar-refractivity contribution is 0.141. The Morgan fingerprint density at radius 3 is 2.40 bits per heavy atom. The second-order valence-electron chi connectivity index (χ2n) is 9.72. The van der Waals surface area contributed by atoms with E-state index in [-0.39, 0.29) is 17.6 Å². The Morgan fingerprint density at radius 2 is 1.71 bits per heavy atom. The first-order valence-electron chi connectivity index (χ1n) is 12.4. The van der Waals surface area contributed by atoms with Crippen molar-refractivity contribution in [2.75, 3.05) is 13.2 Å². The van der Waals surface area contributed by atoms with Gasteiger partial charge in [0.05, 0.1) is 0 Å². The summed E-state index contributed by atoms with van der Waals surface area (Å²) in [7, 11) is 0. The molecule has 1 saturated heterocycles. The molecule has 3 atom stereocenters. The van der Waals surface area contributed by atoms with Gasteiger partial charge in [0.1, 0.15) is 35.7 Å². The summed E-state index contributed by atoms with van der Waals surface area (Å²) >= 11 is 0. The van der Waals surface area contributed by atoms with Crippen LogP contribution in [0, 0.1) is 0 Å². The lowest BCUT2D eigenvalue weighted by atomic mass is 9.86. The van der Waals surface area contributed by atoms with Gasteiger partial charge in [-0.1, -0.05) is 24.3 Å². The largest absolute Gasteiger partial charge is 0.508 e. The van der Waals surface area contributed by atoms with Gasteiger partial charge in [0.15, 0.2) is 0 Å². The predicted octanol–water partition coefficient (Wildman–Crippen LogP) is 6.41. The lowest BCUT2D eigenvalue weighted by Gasteiger charge is -2.31. The van der Waals surface area contributed by atoms with Crippen LogP contribution >= 0.6 is 0 Å². The summed E-state index contributed by atoms with van der Waals surface area (Å²) in [6.45, 7) is 8.41. The zero-order chi connectivity index (χ0) is 24.5. The number of hydrogen-bond donors (Lipinski definition) is 2. The highest BCUT2D eigenvalue weighted by Crippen LogP contribution is 2.47. The molecule has 2 aliphatic heterocycles. The van der Waals surface area contributed by atoms with E-state index in [4.69, 9.17) is 9.47 Å². The number of allylic oxidation sites excluding steroid dienone is 1. The third-order valence-electron chi connectivity index (χ3n) is 7.30. The average molecular weight is 472 g/mol. The summed E-state index contributed by atoms with van der Waals surface area (Å²) in [6.07, 6.45) is 2.17. The van der Waals surface area contributed by atoms with Gasteiger partial charge in [0.2, 0.25) is 0 Å². The molecule has 0 bridgehead atoms. The SMILES string of the molecule is CC1=C(c2ccc(O)cc2)C(c2ccc(OCC(C)N3CCC[C@@H]3C)cc2)Oc2cc(O)ccc21. The van der Waals surface area contributed by atoms with E-state index < -0.39 is 0 Å². The van der Waals surface area contributed by atoms with Gasteiger partial charge in [-0.2, -0.15) is 0 Å². The molecular formula is C30H33NO4. The molecule has 5 rings (SSSR count). The fraction of sp³-hybridized carbons (Fsp3) is 0.333. The number of rotatable bonds is 6. The Kier molecular flexibility index (Phi) is 6.44. The van der Waals surface area contributed by atoms with E-state index in [0.29, 0.717) is 24.4 Å².